The minimum absolute atomic E-state index is 0.0158. The minimum Gasteiger partial charge on any atom is -0.448 e. The quantitative estimate of drug-likeness (QED) is 0.726. The Balaban J connectivity index is 1.40. The third kappa shape index (κ3) is 3.96. The molecule has 3 aliphatic heterocycles. The molecule has 3 amide bonds. The van der Waals surface area contributed by atoms with Gasteiger partial charge in [-0.25, -0.2) is 14.2 Å². The van der Waals surface area contributed by atoms with Crippen molar-refractivity contribution in [3.63, 3.8) is 0 Å². The van der Waals surface area contributed by atoms with E-state index in [9.17, 15) is 18.8 Å². The van der Waals surface area contributed by atoms with Crippen LogP contribution in [0.2, 0.25) is 0 Å². The number of halogens is 1. The lowest BCUT2D eigenvalue weighted by atomic mass is 10.0. The molecule has 0 aliphatic carbocycles. The second-order valence-corrected chi connectivity index (χ2v) is 6.88. The zero-order valence-electron chi connectivity index (χ0n) is 15.7. The monoisotopic (exact) mass is 401 g/mol. The number of alkyl halides is 1. The fourth-order valence-corrected chi connectivity index (χ4v) is 3.41. The number of nitrogens with zero attached hydrogens (tertiary/aromatic N) is 5. The van der Waals surface area contributed by atoms with E-state index >= 15 is 0 Å². The first-order valence-electron chi connectivity index (χ1n) is 9.38. The summed E-state index contributed by atoms with van der Waals surface area (Å²) in [6.07, 6.45) is -2.36. The first-order valence-corrected chi connectivity index (χ1v) is 9.38. The van der Waals surface area contributed by atoms with Crippen LogP contribution in [0.3, 0.4) is 0 Å². The van der Waals surface area contributed by atoms with E-state index in [0.717, 1.165) is 0 Å². The molecule has 29 heavy (non-hydrogen) atoms. The lowest BCUT2D eigenvalue weighted by molar-refractivity contribution is -0.133. The summed E-state index contributed by atoms with van der Waals surface area (Å²) in [4.78, 5) is 48.8. The number of benzene rings is 1. The molecule has 9 nitrogen and oxygen atoms in total. The van der Waals surface area contributed by atoms with Gasteiger partial charge in [-0.3, -0.25) is 14.5 Å². The molecule has 2 saturated heterocycles. The summed E-state index contributed by atoms with van der Waals surface area (Å²) in [5, 5.41) is 0. The average molecular weight is 401 g/mol. The van der Waals surface area contributed by atoms with E-state index in [-0.39, 0.29) is 24.1 Å². The first kappa shape index (κ1) is 19.0. The molecule has 0 radical (unpaired) electrons. The molecule has 1 aromatic rings. The largest absolute Gasteiger partial charge is 0.448 e. The standard InChI is InChI=1S/C19H20FN5O4/c20-15-16(13-4-2-1-3-5-13)21-18(22-17(15)27)24-8-6-23(7-9-24)14(26)12-25-10-11-29-19(25)28/h1-5,15H,6-12H2. The molecular formula is C19H20FN5O4. The maximum absolute atomic E-state index is 14.4. The Morgan fingerprint density at radius 1 is 1.07 bits per heavy atom. The van der Waals surface area contributed by atoms with E-state index in [1.165, 1.54) is 4.90 Å². The number of carbonyl (C=O) groups is 3. The highest BCUT2D eigenvalue weighted by atomic mass is 19.1. The fourth-order valence-electron chi connectivity index (χ4n) is 3.41. The Morgan fingerprint density at radius 2 is 1.79 bits per heavy atom. The number of cyclic esters (lactones) is 1. The second kappa shape index (κ2) is 7.98. The van der Waals surface area contributed by atoms with Crippen molar-refractivity contribution in [2.45, 2.75) is 6.17 Å². The predicted molar refractivity (Wildman–Crippen MR) is 101 cm³/mol. The van der Waals surface area contributed by atoms with Crippen LogP contribution >= 0.6 is 0 Å². The molecule has 0 saturated carbocycles. The third-order valence-corrected chi connectivity index (χ3v) is 5.04. The van der Waals surface area contributed by atoms with E-state index in [4.69, 9.17) is 4.74 Å². The summed E-state index contributed by atoms with van der Waals surface area (Å²) in [5.74, 6) is -0.875. The lowest BCUT2D eigenvalue weighted by Crippen LogP contribution is -2.53. The normalized spacial score (nSPS) is 22.4. The number of hydrogen-bond acceptors (Lipinski definition) is 6. The Hall–Kier alpha value is -3.30. The fraction of sp³-hybridized carbons (Fsp3) is 0.421. The zero-order valence-corrected chi connectivity index (χ0v) is 15.7. The zero-order chi connectivity index (χ0) is 20.4. The minimum atomic E-state index is -1.88. The van der Waals surface area contributed by atoms with Crippen molar-refractivity contribution in [3.8, 4) is 0 Å². The Kier molecular flexibility index (Phi) is 5.24. The summed E-state index contributed by atoms with van der Waals surface area (Å²) in [6, 6.07) is 8.69. The number of ether oxygens (including phenoxy) is 1. The van der Waals surface area contributed by atoms with Gasteiger partial charge >= 0.3 is 6.09 Å². The van der Waals surface area contributed by atoms with Gasteiger partial charge in [0.25, 0.3) is 5.91 Å². The SMILES string of the molecule is O=C1N=C(N2CCN(C(=O)CN3CCOC3=O)CC2)N=C(c2ccccc2)C1F. The van der Waals surface area contributed by atoms with E-state index in [1.54, 1.807) is 40.1 Å². The molecule has 0 N–H and O–H groups in total. The molecule has 0 bridgehead atoms. The van der Waals surface area contributed by atoms with E-state index in [2.05, 4.69) is 9.98 Å². The summed E-state index contributed by atoms with van der Waals surface area (Å²) in [7, 11) is 0. The molecule has 3 heterocycles. The second-order valence-electron chi connectivity index (χ2n) is 6.88. The van der Waals surface area contributed by atoms with Gasteiger partial charge in [0, 0.05) is 26.2 Å². The molecule has 1 atom stereocenters. The lowest BCUT2D eigenvalue weighted by Gasteiger charge is -2.36. The van der Waals surface area contributed by atoms with E-state index < -0.39 is 18.2 Å². The Labute approximate surface area is 166 Å². The van der Waals surface area contributed by atoms with Crippen LogP contribution in [0.15, 0.2) is 40.3 Å². The number of aliphatic imine (C=N–C) groups is 2. The molecule has 4 rings (SSSR count). The van der Waals surface area contributed by atoms with Gasteiger partial charge in [-0.15, -0.1) is 0 Å². The molecule has 0 spiro atoms. The van der Waals surface area contributed by atoms with Gasteiger partial charge in [0.15, 0.2) is 0 Å². The van der Waals surface area contributed by atoms with Crippen molar-refractivity contribution in [2.75, 3.05) is 45.9 Å². The number of amides is 3. The van der Waals surface area contributed by atoms with E-state index in [1.807, 2.05) is 0 Å². The van der Waals surface area contributed by atoms with Crippen LogP contribution in [0.5, 0.6) is 0 Å². The van der Waals surface area contributed by atoms with Gasteiger partial charge in [-0.2, -0.15) is 4.99 Å². The molecule has 1 aromatic carbocycles. The van der Waals surface area contributed by atoms with Crippen molar-refractivity contribution in [1.82, 2.24) is 14.7 Å². The number of guanidine groups is 1. The van der Waals surface area contributed by atoms with Gasteiger partial charge in [0.05, 0.1) is 12.3 Å². The van der Waals surface area contributed by atoms with Crippen LogP contribution < -0.4 is 0 Å². The number of carbonyl (C=O) groups excluding carboxylic acids is 3. The van der Waals surface area contributed by atoms with Gasteiger partial charge in [-0.1, -0.05) is 30.3 Å². The highest BCUT2D eigenvalue weighted by Crippen LogP contribution is 2.16. The predicted octanol–water partition coefficient (Wildman–Crippen LogP) is 0.306. The van der Waals surface area contributed by atoms with Crippen LogP contribution in [-0.4, -0.2) is 96.3 Å². The molecule has 2 fully saturated rings. The Morgan fingerprint density at radius 3 is 2.45 bits per heavy atom. The average Bonchev–Trinajstić information content (AvgIpc) is 3.15. The molecule has 152 valence electrons. The molecule has 10 heteroatoms. The van der Waals surface area contributed by atoms with Crippen LogP contribution in [0.4, 0.5) is 9.18 Å². The third-order valence-electron chi connectivity index (χ3n) is 5.04. The van der Waals surface area contributed by atoms with Gasteiger partial charge in [0.2, 0.25) is 18.0 Å². The summed E-state index contributed by atoms with van der Waals surface area (Å²) < 4.78 is 19.2. The molecule has 3 aliphatic rings. The number of piperazine rings is 1. The van der Waals surface area contributed by atoms with Crippen molar-refractivity contribution in [1.29, 1.82) is 0 Å². The summed E-state index contributed by atoms with van der Waals surface area (Å²) in [6.45, 7) is 2.29. The Bertz CT molecular complexity index is 880. The molecular weight excluding hydrogens is 381 g/mol. The van der Waals surface area contributed by atoms with Gasteiger partial charge < -0.3 is 14.5 Å². The molecule has 0 aromatic heterocycles. The van der Waals surface area contributed by atoms with Crippen LogP contribution in [0.1, 0.15) is 5.56 Å². The van der Waals surface area contributed by atoms with Crippen molar-refractivity contribution in [2.24, 2.45) is 9.98 Å². The molecule has 1 unspecified atom stereocenters. The number of rotatable bonds is 3. The van der Waals surface area contributed by atoms with Crippen LogP contribution in [0, 0.1) is 0 Å². The maximum Gasteiger partial charge on any atom is 0.410 e. The summed E-state index contributed by atoms with van der Waals surface area (Å²) in [5.41, 5.74) is 0.582. The smallest absolute Gasteiger partial charge is 0.410 e. The first-order chi connectivity index (χ1) is 14.0. The maximum atomic E-state index is 14.4. The number of hydrogen-bond donors (Lipinski definition) is 0. The van der Waals surface area contributed by atoms with Gasteiger partial charge in [-0.05, 0) is 5.56 Å². The van der Waals surface area contributed by atoms with Crippen LogP contribution in [0.25, 0.3) is 0 Å². The summed E-state index contributed by atoms with van der Waals surface area (Å²) >= 11 is 0. The topological polar surface area (TPSA) is 94.9 Å². The van der Waals surface area contributed by atoms with Crippen molar-refractivity contribution < 1.29 is 23.5 Å². The van der Waals surface area contributed by atoms with Crippen molar-refractivity contribution in [3.05, 3.63) is 35.9 Å². The highest BCUT2D eigenvalue weighted by Gasteiger charge is 2.33. The van der Waals surface area contributed by atoms with E-state index in [0.29, 0.717) is 44.9 Å². The highest BCUT2D eigenvalue weighted by molar-refractivity contribution is 6.23. The van der Waals surface area contributed by atoms with Gasteiger partial charge in [0.1, 0.15) is 13.2 Å². The van der Waals surface area contributed by atoms with Crippen molar-refractivity contribution >= 4 is 29.6 Å². The van der Waals surface area contributed by atoms with Crippen LogP contribution in [-0.2, 0) is 14.3 Å².